The topological polar surface area (TPSA) is 136 Å². The van der Waals surface area contributed by atoms with Crippen LogP contribution in [0, 0.1) is 0 Å². The number of amides is 2. The van der Waals surface area contributed by atoms with E-state index in [9.17, 15) is 9.59 Å². The number of anilines is 5. The molecule has 4 aromatic carbocycles. The maximum absolute atomic E-state index is 12.3. The Morgan fingerprint density at radius 2 is 1.44 bits per heavy atom. The fourth-order valence-corrected chi connectivity index (χ4v) is 4.91. The van der Waals surface area contributed by atoms with E-state index in [4.69, 9.17) is 17.2 Å². The zero-order valence-electron chi connectivity index (χ0n) is 18.0. The van der Waals surface area contributed by atoms with E-state index in [1.54, 1.807) is 18.2 Å². The average molecular weight is 468 g/mol. The number of hydrogen-bond acceptors (Lipinski definition) is 6. The first-order valence-electron chi connectivity index (χ1n) is 10.5. The Bertz CT molecular complexity index is 1430. The van der Waals surface area contributed by atoms with Crippen molar-refractivity contribution in [2.45, 2.75) is 9.79 Å². The summed E-state index contributed by atoms with van der Waals surface area (Å²) in [5, 5.41) is 6.75. The van der Waals surface area contributed by atoms with Gasteiger partial charge in [0.1, 0.15) is 0 Å². The second-order valence-corrected chi connectivity index (χ2v) is 8.94. The molecule has 0 fully saturated rings. The predicted molar refractivity (Wildman–Crippen MR) is 137 cm³/mol. The molecule has 0 bridgehead atoms. The maximum Gasteiger partial charge on any atom is 0.249 e. The molecule has 1 aliphatic heterocycles. The zero-order chi connectivity index (χ0) is 23.8. The second-order valence-electron chi connectivity index (χ2n) is 7.85. The highest BCUT2D eigenvalue weighted by molar-refractivity contribution is 7.99. The highest BCUT2D eigenvalue weighted by Gasteiger charge is 2.24. The van der Waals surface area contributed by atoms with Crippen molar-refractivity contribution in [2.75, 3.05) is 16.4 Å². The van der Waals surface area contributed by atoms with Gasteiger partial charge in [0.05, 0.1) is 11.4 Å². The molecule has 8 heteroatoms. The fourth-order valence-electron chi connectivity index (χ4n) is 3.87. The van der Waals surface area contributed by atoms with Gasteiger partial charge in [0.15, 0.2) is 0 Å². The SMILES string of the molecule is NC(=O)c1ccc2c(c1)Sc1ccc(C(N)=O)c(-c3ccc(Nc4ccc(N)cc4)cc3)c1N2. The van der Waals surface area contributed by atoms with Crippen LogP contribution >= 0.6 is 11.8 Å². The van der Waals surface area contributed by atoms with Crippen LogP contribution in [0.25, 0.3) is 11.1 Å². The number of nitrogens with two attached hydrogens (primary N) is 3. The number of nitrogens with one attached hydrogen (secondary N) is 2. The van der Waals surface area contributed by atoms with Crippen LogP contribution in [-0.4, -0.2) is 11.8 Å². The Hall–Kier alpha value is -4.43. The third kappa shape index (κ3) is 4.02. The molecule has 4 aromatic rings. The summed E-state index contributed by atoms with van der Waals surface area (Å²) in [4.78, 5) is 25.7. The van der Waals surface area contributed by atoms with Gasteiger partial charge in [-0.3, -0.25) is 9.59 Å². The van der Waals surface area contributed by atoms with Crippen LogP contribution in [0.4, 0.5) is 28.4 Å². The van der Waals surface area contributed by atoms with Gasteiger partial charge < -0.3 is 27.8 Å². The van der Waals surface area contributed by atoms with Gasteiger partial charge in [0.2, 0.25) is 11.8 Å². The smallest absolute Gasteiger partial charge is 0.249 e. The molecule has 0 spiro atoms. The highest BCUT2D eigenvalue weighted by atomic mass is 32.2. The first-order valence-corrected chi connectivity index (χ1v) is 11.3. The standard InChI is InChI=1S/C26H21N5O2S/c27-16-4-8-18(9-5-16)30-17-6-1-14(2-7-17)23-19(26(29)33)10-12-21-24(23)31-20-11-3-15(25(28)32)13-22(20)34-21/h1-13,30-31H,27H2,(H2,28,32)(H2,29,33). The number of nitrogen functional groups attached to an aromatic ring is 1. The van der Waals surface area contributed by atoms with E-state index in [0.717, 1.165) is 43.7 Å². The maximum atomic E-state index is 12.3. The molecule has 0 radical (unpaired) electrons. The normalized spacial score (nSPS) is 11.6. The van der Waals surface area contributed by atoms with Gasteiger partial charge in [-0.15, -0.1) is 0 Å². The third-order valence-corrected chi connectivity index (χ3v) is 6.67. The summed E-state index contributed by atoms with van der Waals surface area (Å²) in [5.74, 6) is -0.991. The summed E-state index contributed by atoms with van der Waals surface area (Å²) in [6.07, 6.45) is 0. The molecular weight excluding hydrogens is 446 g/mol. The second kappa shape index (κ2) is 8.49. The Morgan fingerprint density at radius 3 is 2.09 bits per heavy atom. The van der Waals surface area contributed by atoms with E-state index in [0.29, 0.717) is 16.8 Å². The van der Waals surface area contributed by atoms with Crippen molar-refractivity contribution in [3.8, 4) is 11.1 Å². The number of primary amides is 2. The Morgan fingerprint density at radius 1 is 0.765 bits per heavy atom. The Labute approximate surface area is 200 Å². The lowest BCUT2D eigenvalue weighted by atomic mass is 9.96. The minimum atomic E-state index is -0.511. The third-order valence-electron chi connectivity index (χ3n) is 5.55. The molecule has 0 atom stereocenters. The Balaban J connectivity index is 1.52. The molecule has 0 aliphatic carbocycles. The van der Waals surface area contributed by atoms with Gasteiger partial charge in [-0.1, -0.05) is 23.9 Å². The van der Waals surface area contributed by atoms with Crippen molar-refractivity contribution in [2.24, 2.45) is 11.5 Å². The summed E-state index contributed by atoms with van der Waals surface area (Å²) in [6.45, 7) is 0. The number of rotatable bonds is 5. The van der Waals surface area contributed by atoms with Crippen LogP contribution < -0.4 is 27.8 Å². The lowest BCUT2D eigenvalue weighted by Crippen LogP contribution is -2.15. The molecule has 168 valence electrons. The minimum absolute atomic E-state index is 0.420. The number of carbonyl (C=O) groups is 2. The van der Waals surface area contributed by atoms with Crippen LogP contribution in [0.3, 0.4) is 0 Å². The van der Waals surface area contributed by atoms with E-state index in [1.165, 1.54) is 11.8 Å². The fraction of sp³-hybridized carbons (Fsp3) is 0. The summed E-state index contributed by atoms with van der Waals surface area (Å²) in [7, 11) is 0. The molecule has 2 amide bonds. The van der Waals surface area contributed by atoms with Gasteiger partial charge in [-0.2, -0.15) is 0 Å². The van der Waals surface area contributed by atoms with E-state index in [-0.39, 0.29) is 0 Å². The largest absolute Gasteiger partial charge is 0.399 e. The van der Waals surface area contributed by atoms with Crippen molar-refractivity contribution >= 4 is 52.0 Å². The molecule has 8 N–H and O–H groups in total. The first kappa shape index (κ1) is 21.4. The molecule has 1 heterocycles. The van der Waals surface area contributed by atoms with E-state index < -0.39 is 11.8 Å². The van der Waals surface area contributed by atoms with E-state index in [1.807, 2.05) is 60.7 Å². The molecule has 1 aliphatic rings. The zero-order valence-corrected chi connectivity index (χ0v) is 18.8. The highest BCUT2D eigenvalue weighted by Crippen LogP contribution is 2.49. The molecule has 34 heavy (non-hydrogen) atoms. The molecular formula is C26H21N5O2S. The van der Waals surface area contributed by atoms with Crippen LogP contribution in [0.5, 0.6) is 0 Å². The minimum Gasteiger partial charge on any atom is -0.399 e. The van der Waals surface area contributed by atoms with E-state index in [2.05, 4.69) is 10.6 Å². The molecule has 7 nitrogen and oxygen atoms in total. The Kier molecular flexibility index (Phi) is 5.35. The van der Waals surface area contributed by atoms with Gasteiger partial charge >= 0.3 is 0 Å². The summed E-state index contributed by atoms with van der Waals surface area (Å²) in [6, 6.07) is 24.1. The van der Waals surface area contributed by atoms with Gasteiger partial charge in [0, 0.05) is 43.5 Å². The summed E-state index contributed by atoms with van der Waals surface area (Å²) >= 11 is 1.50. The lowest BCUT2D eigenvalue weighted by molar-refractivity contribution is 0.0992. The predicted octanol–water partition coefficient (Wildman–Crippen LogP) is 5.09. The monoisotopic (exact) mass is 467 g/mol. The van der Waals surface area contributed by atoms with Crippen molar-refractivity contribution in [1.29, 1.82) is 0 Å². The van der Waals surface area contributed by atoms with Crippen LogP contribution in [0.15, 0.2) is 88.7 Å². The van der Waals surface area contributed by atoms with Crippen molar-refractivity contribution < 1.29 is 9.59 Å². The molecule has 0 saturated carbocycles. The van der Waals surface area contributed by atoms with Crippen LogP contribution in [0.1, 0.15) is 20.7 Å². The molecule has 5 rings (SSSR count). The van der Waals surface area contributed by atoms with E-state index >= 15 is 0 Å². The van der Waals surface area contributed by atoms with Gasteiger partial charge in [-0.25, -0.2) is 0 Å². The van der Waals surface area contributed by atoms with Gasteiger partial charge in [0.25, 0.3) is 0 Å². The lowest BCUT2D eigenvalue weighted by Gasteiger charge is -2.25. The van der Waals surface area contributed by atoms with Crippen molar-refractivity contribution in [3.63, 3.8) is 0 Å². The number of benzene rings is 4. The number of fused-ring (bicyclic) bond motifs is 2. The van der Waals surface area contributed by atoms with Crippen molar-refractivity contribution in [1.82, 2.24) is 0 Å². The molecule has 0 aromatic heterocycles. The summed E-state index contributed by atoms with van der Waals surface area (Å²) < 4.78 is 0. The number of carbonyl (C=O) groups excluding carboxylic acids is 2. The van der Waals surface area contributed by atoms with Crippen molar-refractivity contribution in [3.05, 3.63) is 90.0 Å². The molecule has 0 saturated heterocycles. The average Bonchev–Trinajstić information content (AvgIpc) is 2.83. The first-order chi connectivity index (χ1) is 16.4. The van der Waals surface area contributed by atoms with Crippen LogP contribution in [0.2, 0.25) is 0 Å². The van der Waals surface area contributed by atoms with Crippen LogP contribution in [-0.2, 0) is 0 Å². The quantitative estimate of drug-likeness (QED) is 0.229. The number of hydrogen-bond donors (Lipinski definition) is 5. The molecule has 0 unspecified atom stereocenters. The van der Waals surface area contributed by atoms with Gasteiger partial charge in [-0.05, 0) is 72.3 Å². The summed E-state index contributed by atoms with van der Waals surface area (Å²) in [5.41, 5.74) is 23.5.